The topological polar surface area (TPSA) is 89.2 Å². The molecule has 4 rings (SSSR count). The molecule has 0 saturated heterocycles. The number of aromatic nitrogens is 2. The van der Waals surface area contributed by atoms with Gasteiger partial charge < -0.3 is 5.73 Å². The Kier molecular flexibility index (Phi) is 4.37. The second-order valence-corrected chi connectivity index (χ2v) is 8.26. The Morgan fingerprint density at radius 1 is 1.00 bits per heavy atom. The summed E-state index contributed by atoms with van der Waals surface area (Å²) in [7, 11) is -3.65. The van der Waals surface area contributed by atoms with Gasteiger partial charge in [0.05, 0.1) is 17.1 Å². The first kappa shape index (κ1) is 17.6. The van der Waals surface area contributed by atoms with E-state index in [0.717, 1.165) is 16.7 Å². The second kappa shape index (κ2) is 6.71. The van der Waals surface area contributed by atoms with E-state index in [0.29, 0.717) is 18.7 Å². The predicted octanol–water partition coefficient (Wildman–Crippen LogP) is 2.61. The highest BCUT2D eigenvalue weighted by atomic mass is 32.2. The van der Waals surface area contributed by atoms with Gasteiger partial charge in [-0.1, -0.05) is 24.3 Å². The van der Waals surface area contributed by atoms with Gasteiger partial charge >= 0.3 is 0 Å². The molecule has 0 unspecified atom stereocenters. The third-order valence-corrected chi connectivity index (χ3v) is 6.46. The molecule has 0 amide bonds. The lowest BCUT2D eigenvalue weighted by molar-refractivity contribution is 0.385. The Morgan fingerprint density at radius 3 is 2.30 bits per heavy atom. The van der Waals surface area contributed by atoms with Crippen LogP contribution in [0.15, 0.2) is 59.6 Å². The average Bonchev–Trinajstić information content (AvgIpc) is 2.68. The summed E-state index contributed by atoms with van der Waals surface area (Å²) in [6.45, 7) is 0.534. The molecule has 0 radical (unpaired) electrons. The predicted molar refractivity (Wildman–Crippen MR) is 99.6 cm³/mol. The van der Waals surface area contributed by atoms with Crippen molar-refractivity contribution in [2.75, 3.05) is 12.3 Å². The van der Waals surface area contributed by atoms with Gasteiger partial charge in [0.2, 0.25) is 16.0 Å². The number of nitrogen functional groups attached to an aromatic ring is 1. The minimum Gasteiger partial charge on any atom is -0.368 e. The van der Waals surface area contributed by atoms with Gasteiger partial charge in [0.25, 0.3) is 0 Å². The number of anilines is 1. The number of halogens is 1. The van der Waals surface area contributed by atoms with Crippen LogP contribution in [0.1, 0.15) is 11.3 Å². The van der Waals surface area contributed by atoms with Crippen LogP contribution in [0.3, 0.4) is 0 Å². The van der Waals surface area contributed by atoms with Crippen LogP contribution < -0.4 is 5.73 Å². The highest BCUT2D eigenvalue weighted by Gasteiger charge is 2.29. The number of fused-ring (bicyclic) bond motifs is 1. The summed E-state index contributed by atoms with van der Waals surface area (Å²) in [5.74, 6) is -0.176. The fraction of sp³-hybridized carbons (Fsp3) is 0.158. The fourth-order valence-electron chi connectivity index (χ4n) is 3.11. The maximum absolute atomic E-state index is 13.1. The zero-order chi connectivity index (χ0) is 19.0. The number of hydrogen-bond donors (Lipinski definition) is 1. The third kappa shape index (κ3) is 3.41. The van der Waals surface area contributed by atoms with E-state index in [-0.39, 0.29) is 23.2 Å². The van der Waals surface area contributed by atoms with Crippen LogP contribution in [0.4, 0.5) is 10.3 Å². The summed E-state index contributed by atoms with van der Waals surface area (Å²) < 4.78 is 40.4. The van der Waals surface area contributed by atoms with E-state index in [1.165, 1.54) is 16.4 Å². The van der Waals surface area contributed by atoms with Gasteiger partial charge in [-0.05, 0) is 47.4 Å². The number of rotatable bonds is 3. The monoisotopic (exact) mass is 384 g/mol. The Hall–Kier alpha value is -2.84. The lowest BCUT2D eigenvalue weighted by Crippen LogP contribution is -2.36. The minimum absolute atomic E-state index is 0.136. The summed E-state index contributed by atoms with van der Waals surface area (Å²) in [5, 5.41) is 0. The molecule has 0 aliphatic carbocycles. The largest absolute Gasteiger partial charge is 0.368 e. The molecule has 6 nitrogen and oxygen atoms in total. The highest BCUT2D eigenvalue weighted by molar-refractivity contribution is 7.89. The Morgan fingerprint density at radius 2 is 1.63 bits per heavy atom. The lowest BCUT2D eigenvalue weighted by atomic mass is 10.1. The molecule has 0 fully saturated rings. The van der Waals surface area contributed by atoms with Crippen molar-refractivity contribution in [3.05, 3.63) is 71.8 Å². The molecule has 0 saturated carbocycles. The number of sulfonamides is 1. The van der Waals surface area contributed by atoms with Crippen molar-refractivity contribution in [1.82, 2.24) is 14.3 Å². The van der Waals surface area contributed by atoms with Gasteiger partial charge in [0, 0.05) is 12.7 Å². The Labute approximate surface area is 156 Å². The van der Waals surface area contributed by atoms with E-state index >= 15 is 0 Å². The van der Waals surface area contributed by atoms with Crippen LogP contribution in [-0.4, -0.2) is 29.2 Å². The van der Waals surface area contributed by atoms with Gasteiger partial charge in [-0.25, -0.2) is 22.8 Å². The van der Waals surface area contributed by atoms with Crippen molar-refractivity contribution in [2.24, 2.45) is 0 Å². The van der Waals surface area contributed by atoms with E-state index in [1.807, 2.05) is 0 Å². The highest BCUT2D eigenvalue weighted by Crippen LogP contribution is 2.26. The number of nitrogens with zero attached hydrogens (tertiary/aromatic N) is 3. The van der Waals surface area contributed by atoms with Gasteiger partial charge in [-0.3, -0.25) is 0 Å². The van der Waals surface area contributed by atoms with Crippen molar-refractivity contribution in [3.63, 3.8) is 0 Å². The van der Waals surface area contributed by atoms with Crippen LogP contribution in [0.2, 0.25) is 0 Å². The molecule has 0 bridgehead atoms. The quantitative estimate of drug-likeness (QED) is 0.750. The standard InChI is InChI=1S/C19H17FN4O2S/c20-16-5-1-13(2-6-16)14-3-7-17(8-4-14)27(25,26)24-10-9-15-11-22-19(21)23-18(15)12-24/h1-8,11H,9-10,12H2,(H2,21,22,23). The van der Waals surface area contributed by atoms with Crippen LogP contribution in [0.25, 0.3) is 11.1 Å². The fourth-order valence-corrected chi connectivity index (χ4v) is 4.51. The number of nitrogens with two attached hydrogens (primary N) is 1. The summed E-state index contributed by atoms with van der Waals surface area (Å²) in [4.78, 5) is 8.33. The zero-order valence-electron chi connectivity index (χ0n) is 14.3. The van der Waals surface area contributed by atoms with Crippen molar-refractivity contribution in [1.29, 1.82) is 0 Å². The van der Waals surface area contributed by atoms with Crippen LogP contribution in [-0.2, 0) is 23.0 Å². The summed E-state index contributed by atoms with van der Waals surface area (Å²) in [6.07, 6.45) is 2.20. The maximum Gasteiger partial charge on any atom is 0.243 e. The normalized spacial score (nSPS) is 14.7. The smallest absolute Gasteiger partial charge is 0.243 e. The zero-order valence-corrected chi connectivity index (χ0v) is 15.2. The first-order valence-electron chi connectivity index (χ1n) is 8.40. The van der Waals surface area contributed by atoms with Gasteiger partial charge in [0.1, 0.15) is 5.82 Å². The SMILES string of the molecule is Nc1ncc2c(n1)CN(S(=O)(=O)c1ccc(-c3ccc(F)cc3)cc1)CC2. The van der Waals surface area contributed by atoms with Crippen molar-refractivity contribution in [3.8, 4) is 11.1 Å². The Balaban J connectivity index is 1.60. The maximum atomic E-state index is 13.1. The van der Waals surface area contributed by atoms with E-state index in [2.05, 4.69) is 9.97 Å². The van der Waals surface area contributed by atoms with Crippen LogP contribution in [0.5, 0.6) is 0 Å². The minimum atomic E-state index is -3.65. The van der Waals surface area contributed by atoms with E-state index in [4.69, 9.17) is 5.73 Å². The lowest BCUT2D eigenvalue weighted by Gasteiger charge is -2.27. The Bertz CT molecular complexity index is 1080. The molecule has 1 aromatic heterocycles. The van der Waals surface area contributed by atoms with Crippen molar-refractivity contribution < 1.29 is 12.8 Å². The van der Waals surface area contributed by atoms with Crippen molar-refractivity contribution in [2.45, 2.75) is 17.9 Å². The molecular formula is C19H17FN4O2S. The molecule has 1 aliphatic heterocycles. The van der Waals surface area contributed by atoms with Gasteiger partial charge in [0.15, 0.2) is 0 Å². The van der Waals surface area contributed by atoms with Crippen LogP contribution in [0, 0.1) is 5.82 Å². The van der Waals surface area contributed by atoms with E-state index in [1.54, 1.807) is 42.6 Å². The summed E-state index contributed by atoms with van der Waals surface area (Å²) in [6, 6.07) is 12.6. The molecule has 0 atom stereocenters. The molecule has 138 valence electrons. The third-order valence-electron chi connectivity index (χ3n) is 4.60. The molecule has 3 aromatic rings. The average molecular weight is 384 g/mol. The second-order valence-electron chi connectivity index (χ2n) is 6.32. The molecule has 2 N–H and O–H groups in total. The molecule has 27 heavy (non-hydrogen) atoms. The number of hydrogen-bond acceptors (Lipinski definition) is 5. The molecule has 0 spiro atoms. The molecule has 8 heteroatoms. The molecule has 1 aliphatic rings. The van der Waals surface area contributed by atoms with Gasteiger partial charge in [-0.15, -0.1) is 0 Å². The summed E-state index contributed by atoms with van der Waals surface area (Å²) >= 11 is 0. The van der Waals surface area contributed by atoms with Crippen LogP contribution >= 0.6 is 0 Å². The first-order valence-corrected chi connectivity index (χ1v) is 9.84. The van der Waals surface area contributed by atoms with E-state index < -0.39 is 10.0 Å². The van der Waals surface area contributed by atoms with Gasteiger partial charge in [-0.2, -0.15) is 4.31 Å². The molecular weight excluding hydrogens is 367 g/mol. The molecule has 2 heterocycles. The van der Waals surface area contributed by atoms with E-state index in [9.17, 15) is 12.8 Å². The van der Waals surface area contributed by atoms with Crippen molar-refractivity contribution >= 4 is 16.0 Å². The first-order chi connectivity index (χ1) is 12.9. The summed E-state index contributed by atoms with van der Waals surface area (Å²) in [5.41, 5.74) is 8.81. The molecule has 2 aromatic carbocycles. The number of benzene rings is 2.